The summed E-state index contributed by atoms with van der Waals surface area (Å²) in [5.74, 6) is 0.923. The lowest BCUT2D eigenvalue weighted by Gasteiger charge is -2.14. The normalized spacial score (nSPS) is 14.4. The Hall–Kier alpha value is -3.86. The monoisotopic (exact) mass is 413 g/mol. The summed E-state index contributed by atoms with van der Waals surface area (Å²) >= 11 is 0. The van der Waals surface area contributed by atoms with Crippen LogP contribution in [0.5, 0.6) is 11.5 Å². The van der Waals surface area contributed by atoms with Crippen LogP contribution in [0.2, 0.25) is 0 Å². The fourth-order valence-corrected chi connectivity index (χ4v) is 3.30. The highest BCUT2D eigenvalue weighted by molar-refractivity contribution is 6.13. The summed E-state index contributed by atoms with van der Waals surface area (Å²) in [4.78, 5) is 16.8. The molecule has 4 rings (SSSR count). The zero-order valence-electron chi connectivity index (χ0n) is 17.7. The van der Waals surface area contributed by atoms with E-state index in [1.165, 1.54) is 0 Å². The van der Waals surface area contributed by atoms with E-state index in [9.17, 15) is 4.79 Å². The van der Waals surface area contributed by atoms with Crippen molar-refractivity contribution in [2.45, 2.75) is 20.5 Å². The van der Waals surface area contributed by atoms with E-state index in [1.54, 1.807) is 13.2 Å². The van der Waals surface area contributed by atoms with Crippen LogP contribution in [0.4, 0.5) is 0 Å². The molecule has 3 aromatic rings. The van der Waals surface area contributed by atoms with Gasteiger partial charge < -0.3 is 14.2 Å². The third kappa shape index (κ3) is 4.67. The summed E-state index contributed by atoms with van der Waals surface area (Å²) in [7, 11) is 1.59. The Morgan fingerprint density at radius 3 is 2.48 bits per heavy atom. The van der Waals surface area contributed by atoms with Crippen LogP contribution in [0, 0.1) is 13.8 Å². The van der Waals surface area contributed by atoms with Gasteiger partial charge in [-0.3, -0.25) is 0 Å². The van der Waals surface area contributed by atoms with Crippen molar-refractivity contribution >= 4 is 17.9 Å². The standard InChI is InChI=1S/C26H23NO4/c1-17-10-12-20(13-11-17)25-27-22(26(28)31-25)15-21-8-5-9-23(29-3)24(21)30-16-19-7-4-6-18(2)14-19/h4-15H,16H2,1-3H3/b22-15-. The van der Waals surface area contributed by atoms with Crippen molar-refractivity contribution in [1.29, 1.82) is 0 Å². The molecule has 0 atom stereocenters. The van der Waals surface area contributed by atoms with Crippen LogP contribution in [0.1, 0.15) is 27.8 Å². The molecule has 156 valence electrons. The molecular formula is C26H23NO4. The number of hydrogen-bond donors (Lipinski definition) is 0. The van der Waals surface area contributed by atoms with Crippen molar-refractivity contribution in [3.05, 3.63) is 100 Å². The van der Waals surface area contributed by atoms with Gasteiger partial charge in [0.1, 0.15) is 6.61 Å². The maximum atomic E-state index is 12.4. The molecule has 0 bridgehead atoms. The molecular weight excluding hydrogens is 390 g/mol. The van der Waals surface area contributed by atoms with Crippen molar-refractivity contribution in [1.82, 2.24) is 0 Å². The van der Waals surface area contributed by atoms with Gasteiger partial charge in [0.05, 0.1) is 7.11 Å². The molecule has 1 aliphatic heterocycles. The van der Waals surface area contributed by atoms with Gasteiger partial charge in [0.15, 0.2) is 17.2 Å². The van der Waals surface area contributed by atoms with Gasteiger partial charge in [0, 0.05) is 11.1 Å². The van der Waals surface area contributed by atoms with Crippen molar-refractivity contribution in [2.75, 3.05) is 7.11 Å². The maximum Gasteiger partial charge on any atom is 0.363 e. The highest BCUT2D eigenvalue weighted by atomic mass is 16.6. The molecule has 0 N–H and O–H groups in total. The predicted octanol–water partition coefficient (Wildman–Crippen LogP) is 5.24. The predicted molar refractivity (Wildman–Crippen MR) is 120 cm³/mol. The number of aryl methyl sites for hydroxylation is 2. The van der Waals surface area contributed by atoms with E-state index in [0.717, 1.165) is 22.3 Å². The van der Waals surface area contributed by atoms with Crippen LogP contribution >= 0.6 is 0 Å². The van der Waals surface area contributed by atoms with E-state index < -0.39 is 5.97 Å². The van der Waals surface area contributed by atoms with E-state index in [2.05, 4.69) is 11.1 Å². The van der Waals surface area contributed by atoms with E-state index >= 15 is 0 Å². The van der Waals surface area contributed by atoms with Crippen molar-refractivity contribution in [2.24, 2.45) is 4.99 Å². The lowest BCUT2D eigenvalue weighted by Crippen LogP contribution is -2.05. The Bertz CT molecular complexity index is 1180. The average molecular weight is 413 g/mol. The van der Waals surface area contributed by atoms with Gasteiger partial charge in [-0.05, 0) is 43.7 Å². The summed E-state index contributed by atoms with van der Waals surface area (Å²) in [6.45, 7) is 4.41. The zero-order valence-corrected chi connectivity index (χ0v) is 17.7. The van der Waals surface area contributed by atoms with Crippen LogP contribution in [-0.2, 0) is 16.1 Å². The first kappa shape index (κ1) is 20.4. The number of benzene rings is 3. The topological polar surface area (TPSA) is 57.1 Å². The Kier molecular flexibility index (Phi) is 5.85. The lowest BCUT2D eigenvalue weighted by atomic mass is 10.1. The number of nitrogens with zero attached hydrogens (tertiary/aromatic N) is 1. The van der Waals surface area contributed by atoms with Crippen LogP contribution in [-0.4, -0.2) is 19.0 Å². The third-order valence-corrected chi connectivity index (χ3v) is 4.91. The van der Waals surface area contributed by atoms with Gasteiger partial charge in [-0.25, -0.2) is 9.79 Å². The van der Waals surface area contributed by atoms with Crippen LogP contribution in [0.15, 0.2) is 77.4 Å². The highest BCUT2D eigenvalue weighted by Gasteiger charge is 2.25. The first-order chi connectivity index (χ1) is 15.0. The summed E-state index contributed by atoms with van der Waals surface area (Å²) < 4.78 is 17.0. The first-order valence-electron chi connectivity index (χ1n) is 9.98. The number of methoxy groups -OCH3 is 1. The minimum absolute atomic E-state index is 0.212. The minimum atomic E-state index is -0.497. The number of esters is 1. The molecule has 0 radical (unpaired) electrons. The second-order valence-electron chi connectivity index (χ2n) is 7.36. The highest BCUT2D eigenvalue weighted by Crippen LogP contribution is 2.34. The van der Waals surface area contributed by atoms with E-state index in [4.69, 9.17) is 14.2 Å². The molecule has 1 heterocycles. The first-order valence-corrected chi connectivity index (χ1v) is 9.98. The van der Waals surface area contributed by atoms with Crippen molar-refractivity contribution < 1.29 is 19.0 Å². The molecule has 0 saturated carbocycles. The van der Waals surface area contributed by atoms with Gasteiger partial charge >= 0.3 is 5.97 Å². The Morgan fingerprint density at radius 1 is 0.968 bits per heavy atom. The number of carbonyl (C=O) groups excluding carboxylic acids is 1. The number of aliphatic imine (C=N–C) groups is 1. The van der Waals surface area contributed by atoms with E-state index in [-0.39, 0.29) is 5.70 Å². The molecule has 0 saturated heterocycles. The average Bonchev–Trinajstić information content (AvgIpc) is 3.13. The SMILES string of the molecule is COc1cccc(/C=C2\N=C(c3ccc(C)cc3)OC2=O)c1OCc1cccc(C)c1. The smallest absolute Gasteiger partial charge is 0.363 e. The Labute approximate surface area is 181 Å². The molecule has 0 fully saturated rings. The number of cyclic esters (lactones) is 1. The molecule has 0 unspecified atom stereocenters. The quantitative estimate of drug-likeness (QED) is 0.410. The molecule has 3 aromatic carbocycles. The molecule has 0 amide bonds. The molecule has 1 aliphatic rings. The molecule has 5 heteroatoms. The molecule has 31 heavy (non-hydrogen) atoms. The van der Waals surface area contributed by atoms with E-state index in [1.807, 2.05) is 74.5 Å². The molecule has 0 aromatic heterocycles. The van der Waals surface area contributed by atoms with Gasteiger partial charge in [0.2, 0.25) is 5.90 Å². The maximum absolute atomic E-state index is 12.4. The van der Waals surface area contributed by atoms with E-state index in [0.29, 0.717) is 29.6 Å². The fraction of sp³-hybridized carbons (Fsp3) is 0.154. The van der Waals surface area contributed by atoms with Gasteiger partial charge in [0.25, 0.3) is 0 Å². The largest absolute Gasteiger partial charge is 0.493 e. The summed E-state index contributed by atoms with van der Waals surface area (Å²) in [5, 5.41) is 0. The number of ether oxygens (including phenoxy) is 3. The van der Waals surface area contributed by atoms with Crippen molar-refractivity contribution in [3.8, 4) is 11.5 Å². The number of carbonyl (C=O) groups is 1. The minimum Gasteiger partial charge on any atom is -0.493 e. The number of rotatable bonds is 6. The number of hydrogen-bond acceptors (Lipinski definition) is 5. The van der Waals surface area contributed by atoms with Crippen molar-refractivity contribution in [3.63, 3.8) is 0 Å². The van der Waals surface area contributed by atoms with Gasteiger partial charge in [-0.15, -0.1) is 0 Å². The molecule has 0 spiro atoms. The fourth-order valence-electron chi connectivity index (χ4n) is 3.30. The third-order valence-electron chi connectivity index (χ3n) is 4.91. The van der Waals surface area contributed by atoms with Crippen LogP contribution in [0.25, 0.3) is 6.08 Å². The second kappa shape index (κ2) is 8.88. The van der Waals surface area contributed by atoms with Crippen LogP contribution in [0.3, 0.4) is 0 Å². The van der Waals surface area contributed by atoms with Crippen LogP contribution < -0.4 is 9.47 Å². The van der Waals surface area contributed by atoms with Gasteiger partial charge in [-0.2, -0.15) is 0 Å². The summed E-state index contributed by atoms with van der Waals surface area (Å²) in [6.07, 6.45) is 1.66. The molecule has 0 aliphatic carbocycles. The lowest BCUT2D eigenvalue weighted by molar-refractivity contribution is -0.129. The number of para-hydroxylation sites is 1. The van der Waals surface area contributed by atoms with Gasteiger partial charge in [-0.1, -0.05) is 59.7 Å². The Balaban J connectivity index is 1.65. The summed E-state index contributed by atoms with van der Waals surface area (Å²) in [6, 6.07) is 21.3. The molecule has 5 nitrogen and oxygen atoms in total. The Morgan fingerprint density at radius 2 is 1.74 bits per heavy atom. The second-order valence-corrected chi connectivity index (χ2v) is 7.36. The summed E-state index contributed by atoms with van der Waals surface area (Å²) in [5.41, 5.74) is 4.98. The zero-order chi connectivity index (χ0) is 21.8.